The van der Waals surface area contributed by atoms with E-state index < -0.39 is 18.0 Å². The molecule has 0 bridgehead atoms. The number of aliphatic imine (C=N–C) groups is 1. The van der Waals surface area contributed by atoms with E-state index in [0.717, 1.165) is 0 Å². The Morgan fingerprint density at radius 3 is 2.86 bits per heavy atom. The lowest BCUT2D eigenvalue weighted by Gasteiger charge is -2.44. The summed E-state index contributed by atoms with van der Waals surface area (Å²) in [5, 5.41) is 22.1. The maximum Gasteiger partial charge on any atom is 0.353 e. The van der Waals surface area contributed by atoms with Crippen molar-refractivity contribution in [3.63, 3.8) is 0 Å². The minimum atomic E-state index is -1.10. The summed E-state index contributed by atoms with van der Waals surface area (Å²) in [7, 11) is 0. The van der Waals surface area contributed by atoms with Crippen molar-refractivity contribution < 1.29 is 19.8 Å². The number of carbonyl (C=O) groups excluding carboxylic acids is 1. The van der Waals surface area contributed by atoms with Crippen LogP contribution in [-0.4, -0.2) is 63.4 Å². The van der Waals surface area contributed by atoms with E-state index in [1.165, 1.54) is 16.7 Å². The van der Waals surface area contributed by atoms with E-state index in [1.807, 2.05) is 0 Å². The van der Waals surface area contributed by atoms with E-state index in [9.17, 15) is 19.8 Å². The van der Waals surface area contributed by atoms with Crippen LogP contribution >= 0.6 is 11.8 Å². The number of thioether (sulfide) groups is 1. The molecule has 3 heterocycles. The third-order valence-corrected chi connectivity index (χ3v) is 5.47. The Morgan fingerprint density at radius 2 is 2.32 bits per heavy atom. The van der Waals surface area contributed by atoms with Crippen LogP contribution in [-0.2, 0) is 9.59 Å². The molecule has 3 rings (SSSR count). The molecule has 0 saturated carbocycles. The van der Waals surface area contributed by atoms with E-state index >= 15 is 0 Å². The van der Waals surface area contributed by atoms with Crippen molar-refractivity contribution in [2.75, 3.05) is 13.1 Å². The van der Waals surface area contributed by atoms with Gasteiger partial charge in [-0.2, -0.15) is 0 Å². The smallest absolute Gasteiger partial charge is 0.353 e. The van der Waals surface area contributed by atoms with Crippen LogP contribution in [0.3, 0.4) is 0 Å². The number of carbonyl (C=O) groups is 2. The molecule has 0 aliphatic carbocycles. The third-order valence-electron chi connectivity index (χ3n) is 4.18. The highest BCUT2D eigenvalue weighted by Crippen LogP contribution is 2.47. The number of hydrogen-bond donors (Lipinski definition) is 4. The summed E-state index contributed by atoms with van der Waals surface area (Å²) in [5.74, 6) is -1.53. The number of aliphatic carboxylic acids is 1. The highest BCUT2D eigenvalue weighted by atomic mass is 32.2. The van der Waals surface area contributed by atoms with Crippen molar-refractivity contribution in [2.24, 2.45) is 16.6 Å². The maximum atomic E-state index is 12.1. The fourth-order valence-corrected chi connectivity index (χ4v) is 4.44. The zero-order chi connectivity index (χ0) is 16.0. The first-order valence-electron chi connectivity index (χ1n) is 7.08. The van der Waals surface area contributed by atoms with Gasteiger partial charge in [0.05, 0.1) is 24.6 Å². The van der Waals surface area contributed by atoms with Crippen LogP contribution in [0.25, 0.3) is 0 Å². The van der Waals surface area contributed by atoms with E-state index in [4.69, 9.17) is 5.73 Å². The molecule has 120 valence electrons. The first-order valence-corrected chi connectivity index (χ1v) is 7.96. The Balaban J connectivity index is 1.78. The molecule has 5 N–H and O–H groups in total. The van der Waals surface area contributed by atoms with Gasteiger partial charge in [0.1, 0.15) is 5.70 Å². The molecule has 1 saturated heterocycles. The number of hydrogen-bond acceptors (Lipinski definition) is 7. The van der Waals surface area contributed by atoms with Crippen molar-refractivity contribution in [3.05, 3.63) is 10.6 Å². The summed E-state index contributed by atoms with van der Waals surface area (Å²) < 4.78 is 0. The minimum absolute atomic E-state index is 0.0550. The average molecular weight is 326 g/mol. The first-order chi connectivity index (χ1) is 10.4. The molecule has 22 heavy (non-hydrogen) atoms. The molecule has 0 aromatic rings. The van der Waals surface area contributed by atoms with Crippen LogP contribution in [0.1, 0.15) is 13.3 Å². The molecule has 0 spiro atoms. The molecule has 1 fully saturated rings. The molecule has 4 atom stereocenters. The molecule has 3 aliphatic heterocycles. The summed E-state index contributed by atoms with van der Waals surface area (Å²) >= 11 is 1.43. The van der Waals surface area contributed by atoms with Gasteiger partial charge in [0, 0.05) is 23.1 Å². The van der Waals surface area contributed by atoms with Gasteiger partial charge in [-0.15, -0.1) is 11.8 Å². The summed E-state index contributed by atoms with van der Waals surface area (Å²) in [6.45, 7) is 2.68. The van der Waals surface area contributed by atoms with Gasteiger partial charge in [-0.1, -0.05) is 0 Å². The Hall–Kier alpha value is -1.74. The van der Waals surface area contributed by atoms with Gasteiger partial charge < -0.3 is 26.2 Å². The van der Waals surface area contributed by atoms with Crippen molar-refractivity contribution in [1.29, 1.82) is 0 Å². The van der Waals surface area contributed by atoms with Crippen molar-refractivity contribution in [2.45, 2.75) is 30.7 Å². The summed E-state index contributed by atoms with van der Waals surface area (Å²) in [4.78, 5) is 29.7. The highest BCUT2D eigenvalue weighted by molar-refractivity contribution is 8.03. The molecule has 0 aromatic heterocycles. The van der Waals surface area contributed by atoms with E-state index in [1.54, 1.807) is 6.92 Å². The summed E-state index contributed by atoms with van der Waals surface area (Å²) in [5.41, 5.74) is 5.60. The maximum absolute atomic E-state index is 12.1. The number of carboxylic acids is 1. The van der Waals surface area contributed by atoms with Gasteiger partial charge in [0.25, 0.3) is 0 Å². The van der Waals surface area contributed by atoms with Gasteiger partial charge in [-0.05, 0) is 6.92 Å². The molecule has 3 aliphatic rings. The van der Waals surface area contributed by atoms with E-state index in [2.05, 4.69) is 10.3 Å². The van der Waals surface area contributed by atoms with Crippen LogP contribution in [0.15, 0.2) is 15.6 Å². The molecule has 0 radical (unpaired) electrons. The number of rotatable bonds is 4. The Bertz CT molecular complexity index is 589. The number of amides is 1. The molecule has 1 unspecified atom stereocenters. The number of aliphatic hydroxyl groups excluding tert-OH is 1. The van der Waals surface area contributed by atoms with Crippen molar-refractivity contribution in [3.8, 4) is 0 Å². The lowest BCUT2D eigenvalue weighted by molar-refractivity contribution is -0.161. The zero-order valence-electron chi connectivity index (χ0n) is 12.0. The zero-order valence-corrected chi connectivity index (χ0v) is 12.8. The topological polar surface area (TPSA) is 128 Å². The van der Waals surface area contributed by atoms with Gasteiger partial charge in [-0.25, -0.2) is 4.79 Å². The van der Waals surface area contributed by atoms with E-state index in [-0.39, 0.29) is 22.9 Å². The SMILES string of the molecule is CC(O)[C@@H]1C(=O)N2C(C(=O)O)=C(S[C@@H]3CN=C(N)NC3)C[C@@H]12. The minimum Gasteiger partial charge on any atom is -0.477 e. The van der Waals surface area contributed by atoms with Gasteiger partial charge in [-0.3, -0.25) is 9.79 Å². The second-order valence-electron chi connectivity index (χ2n) is 5.67. The summed E-state index contributed by atoms with van der Waals surface area (Å²) in [6, 6.07) is -0.244. The number of nitrogens with one attached hydrogen (secondary N) is 1. The fraction of sp³-hybridized carbons (Fsp3) is 0.615. The molecule has 9 heteroatoms. The van der Waals surface area contributed by atoms with Crippen LogP contribution in [0, 0.1) is 5.92 Å². The molecule has 1 amide bonds. The summed E-state index contributed by atoms with van der Waals surface area (Å²) in [6.07, 6.45) is -0.294. The van der Waals surface area contributed by atoms with Gasteiger partial charge >= 0.3 is 5.97 Å². The van der Waals surface area contributed by atoms with Crippen LogP contribution in [0.5, 0.6) is 0 Å². The van der Waals surface area contributed by atoms with Gasteiger partial charge in [0.2, 0.25) is 5.91 Å². The quantitative estimate of drug-likeness (QED) is 0.483. The fourth-order valence-electron chi connectivity index (χ4n) is 3.16. The van der Waals surface area contributed by atoms with Crippen molar-refractivity contribution >= 4 is 29.6 Å². The predicted molar refractivity (Wildman–Crippen MR) is 81.0 cm³/mol. The monoisotopic (exact) mass is 326 g/mol. The Labute approximate surface area is 131 Å². The number of fused-ring (bicyclic) bond motifs is 1. The molecular weight excluding hydrogens is 308 g/mol. The molecular formula is C13H18N4O4S. The lowest BCUT2D eigenvalue weighted by Crippen LogP contribution is -2.61. The number of carboxylic acid groups (broad SMARTS) is 1. The Kier molecular flexibility index (Phi) is 3.77. The normalized spacial score (nSPS) is 32.1. The number of aliphatic hydroxyl groups is 1. The standard InChI is InChI=1S/C13H18N4O4S/c1-5(18)9-7-2-8(10(12(20)21)17(7)11(9)19)22-6-3-15-13(14)16-4-6/h5-7,9,18H,2-4H2,1H3,(H,20,21)(H3,14,15,16)/t5?,7-,9-/m0/s1. The number of β-lactam (4-membered cyclic amide) rings is 1. The second kappa shape index (κ2) is 5.47. The van der Waals surface area contributed by atoms with Crippen LogP contribution in [0.4, 0.5) is 0 Å². The number of guanidine groups is 1. The van der Waals surface area contributed by atoms with Crippen LogP contribution in [0.2, 0.25) is 0 Å². The van der Waals surface area contributed by atoms with Crippen LogP contribution < -0.4 is 11.1 Å². The number of nitrogens with two attached hydrogens (primary N) is 1. The highest BCUT2D eigenvalue weighted by Gasteiger charge is 2.56. The van der Waals surface area contributed by atoms with Crippen molar-refractivity contribution in [1.82, 2.24) is 10.2 Å². The third kappa shape index (κ3) is 2.34. The Morgan fingerprint density at radius 1 is 1.59 bits per heavy atom. The predicted octanol–water partition coefficient (Wildman–Crippen LogP) is -1.09. The first kappa shape index (κ1) is 15.2. The largest absolute Gasteiger partial charge is 0.477 e. The molecule has 8 nitrogen and oxygen atoms in total. The second-order valence-corrected chi connectivity index (χ2v) is 7.06. The average Bonchev–Trinajstić information content (AvgIpc) is 2.75. The molecule has 0 aromatic carbocycles. The van der Waals surface area contributed by atoms with Gasteiger partial charge in [0.15, 0.2) is 5.96 Å². The number of nitrogens with zero attached hydrogens (tertiary/aromatic N) is 2. The lowest BCUT2D eigenvalue weighted by atomic mass is 9.83. The van der Waals surface area contributed by atoms with E-state index in [0.29, 0.717) is 30.4 Å².